The van der Waals surface area contributed by atoms with Crippen LogP contribution in [-0.4, -0.2) is 60.9 Å². The van der Waals surface area contributed by atoms with Crippen molar-refractivity contribution >= 4 is 11.9 Å². The van der Waals surface area contributed by atoms with Crippen molar-refractivity contribution in [3.8, 4) is 0 Å². The monoisotopic (exact) mass is 294 g/mol. The fraction of sp³-hybridized carbons (Fsp3) is 0.750. The van der Waals surface area contributed by atoms with E-state index in [1.807, 2.05) is 6.92 Å². The molecule has 1 aliphatic heterocycles. The summed E-state index contributed by atoms with van der Waals surface area (Å²) >= 11 is 0. The average molecular weight is 294 g/mol. The molecule has 1 heterocycles. The first-order valence-corrected chi connectivity index (χ1v) is 7.39. The lowest BCUT2D eigenvalue weighted by Crippen LogP contribution is -2.72. The van der Waals surface area contributed by atoms with Crippen LogP contribution in [-0.2, 0) is 4.79 Å². The van der Waals surface area contributed by atoms with Crippen LogP contribution in [0.15, 0.2) is 17.1 Å². The third-order valence-electron chi connectivity index (χ3n) is 4.55. The van der Waals surface area contributed by atoms with Gasteiger partial charge in [0, 0.05) is 38.1 Å². The molecule has 5 nitrogen and oxygen atoms in total. The number of hydrogen-bond donors (Lipinski definition) is 1. The van der Waals surface area contributed by atoms with Crippen LogP contribution in [0.2, 0.25) is 0 Å². The van der Waals surface area contributed by atoms with Gasteiger partial charge in [-0.25, -0.2) is 4.99 Å². The van der Waals surface area contributed by atoms with E-state index < -0.39 is 0 Å². The molecule has 1 fully saturated rings. The molecule has 0 aromatic heterocycles. The van der Waals surface area contributed by atoms with E-state index in [2.05, 4.69) is 49.5 Å². The molecule has 0 unspecified atom stereocenters. The second kappa shape index (κ2) is 6.08. The third-order valence-corrected chi connectivity index (χ3v) is 4.55. The van der Waals surface area contributed by atoms with Crippen LogP contribution in [0.4, 0.5) is 0 Å². The largest absolute Gasteiger partial charge is 0.352 e. The summed E-state index contributed by atoms with van der Waals surface area (Å²) in [4.78, 5) is 20.1. The average Bonchev–Trinajstić information content (AvgIpc) is 2.36. The second-order valence-electron chi connectivity index (χ2n) is 7.27. The Balaban J connectivity index is 2.86. The lowest BCUT2D eigenvalue weighted by molar-refractivity contribution is -0.127. The number of nitrogens with one attached hydrogen (secondary N) is 1. The van der Waals surface area contributed by atoms with Crippen molar-refractivity contribution in [2.24, 2.45) is 10.4 Å². The van der Waals surface area contributed by atoms with Crippen LogP contribution in [0.1, 0.15) is 34.6 Å². The molecular weight excluding hydrogens is 264 g/mol. The summed E-state index contributed by atoms with van der Waals surface area (Å²) in [5.74, 6) is 0.791. The molecule has 0 spiro atoms. The summed E-state index contributed by atoms with van der Waals surface area (Å²) in [5.41, 5.74) is 1.28. The van der Waals surface area contributed by atoms with E-state index in [4.69, 9.17) is 0 Å². The maximum Gasteiger partial charge on any atom is 0.243 e. The SMILES string of the molecule is C=C(C)CNC(=NCC(=O)N(C)C)N1CC(C)(C)C1(C)C. The van der Waals surface area contributed by atoms with E-state index in [-0.39, 0.29) is 23.4 Å². The molecule has 0 bridgehead atoms. The molecule has 0 radical (unpaired) electrons. The minimum Gasteiger partial charge on any atom is -0.352 e. The summed E-state index contributed by atoms with van der Waals surface area (Å²) in [6.45, 7) is 16.6. The number of hydrogen-bond acceptors (Lipinski definition) is 2. The van der Waals surface area contributed by atoms with Crippen molar-refractivity contribution in [2.75, 3.05) is 33.7 Å². The Kier molecular flexibility index (Phi) is 5.07. The highest BCUT2D eigenvalue weighted by Crippen LogP contribution is 2.46. The zero-order chi connectivity index (χ0) is 16.4. The van der Waals surface area contributed by atoms with Gasteiger partial charge in [-0.05, 0) is 20.8 Å². The normalized spacial score (nSPS) is 19.8. The van der Waals surface area contributed by atoms with E-state index in [9.17, 15) is 4.79 Å². The zero-order valence-electron chi connectivity index (χ0n) is 14.6. The van der Waals surface area contributed by atoms with Crippen LogP contribution in [0, 0.1) is 5.41 Å². The summed E-state index contributed by atoms with van der Waals surface area (Å²) in [7, 11) is 3.49. The maximum absolute atomic E-state index is 11.8. The predicted octanol–water partition coefficient (Wildman–Crippen LogP) is 1.72. The zero-order valence-corrected chi connectivity index (χ0v) is 14.6. The summed E-state index contributed by atoms with van der Waals surface area (Å²) < 4.78 is 0. The highest BCUT2D eigenvalue weighted by Gasteiger charge is 2.53. The highest BCUT2D eigenvalue weighted by atomic mass is 16.2. The van der Waals surface area contributed by atoms with Gasteiger partial charge in [-0.15, -0.1) is 0 Å². The molecule has 5 heteroatoms. The number of guanidine groups is 1. The lowest BCUT2D eigenvalue weighted by Gasteiger charge is -2.62. The smallest absolute Gasteiger partial charge is 0.243 e. The van der Waals surface area contributed by atoms with Gasteiger partial charge < -0.3 is 15.1 Å². The molecule has 1 rings (SSSR count). The van der Waals surface area contributed by atoms with E-state index in [1.54, 1.807) is 19.0 Å². The van der Waals surface area contributed by atoms with Gasteiger partial charge in [0.15, 0.2) is 5.96 Å². The number of carbonyl (C=O) groups is 1. The molecule has 1 aliphatic rings. The number of rotatable bonds is 4. The molecule has 1 amide bonds. The summed E-state index contributed by atoms with van der Waals surface area (Å²) in [5, 5.41) is 3.31. The number of nitrogens with zero attached hydrogens (tertiary/aromatic N) is 3. The fourth-order valence-corrected chi connectivity index (χ4v) is 2.15. The van der Waals surface area contributed by atoms with Crippen LogP contribution in [0.5, 0.6) is 0 Å². The lowest BCUT2D eigenvalue weighted by atomic mass is 9.65. The van der Waals surface area contributed by atoms with Crippen molar-refractivity contribution in [1.82, 2.24) is 15.1 Å². The van der Waals surface area contributed by atoms with Crippen molar-refractivity contribution in [3.05, 3.63) is 12.2 Å². The molecule has 0 atom stereocenters. The second-order valence-corrected chi connectivity index (χ2v) is 7.27. The van der Waals surface area contributed by atoms with Crippen LogP contribution in [0.3, 0.4) is 0 Å². The van der Waals surface area contributed by atoms with Gasteiger partial charge in [-0.3, -0.25) is 4.79 Å². The third kappa shape index (κ3) is 3.77. The van der Waals surface area contributed by atoms with Crippen molar-refractivity contribution in [1.29, 1.82) is 0 Å². The topological polar surface area (TPSA) is 47.9 Å². The number of amides is 1. The van der Waals surface area contributed by atoms with E-state index in [1.165, 1.54) is 0 Å². The van der Waals surface area contributed by atoms with Gasteiger partial charge in [-0.2, -0.15) is 0 Å². The molecule has 120 valence electrons. The van der Waals surface area contributed by atoms with Gasteiger partial charge in [-0.1, -0.05) is 26.0 Å². The van der Waals surface area contributed by atoms with E-state index in [0.29, 0.717) is 6.54 Å². The standard InChI is InChI=1S/C16H30N4O/c1-12(2)9-17-14(18-10-13(21)19(7)8)20-11-15(3,4)16(20,5)6/h1,9-11H2,2-8H3,(H,17,18). The van der Waals surface area contributed by atoms with Gasteiger partial charge in [0.05, 0.1) is 0 Å². The van der Waals surface area contributed by atoms with E-state index in [0.717, 1.165) is 18.1 Å². The Labute approximate surface area is 129 Å². The minimum atomic E-state index is 0.00205. The number of aliphatic imine (C=N–C) groups is 1. The van der Waals surface area contributed by atoms with Crippen molar-refractivity contribution in [3.63, 3.8) is 0 Å². The Morgan fingerprint density at radius 1 is 1.33 bits per heavy atom. The molecule has 1 N–H and O–H groups in total. The minimum absolute atomic E-state index is 0.00205. The van der Waals surface area contributed by atoms with Crippen molar-refractivity contribution < 1.29 is 4.79 Å². The van der Waals surface area contributed by atoms with Gasteiger partial charge in [0.25, 0.3) is 0 Å². The summed E-state index contributed by atoms with van der Waals surface area (Å²) in [6, 6.07) is 0. The Hall–Kier alpha value is -1.52. The molecule has 0 aliphatic carbocycles. The van der Waals surface area contributed by atoms with Gasteiger partial charge >= 0.3 is 0 Å². The van der Waals surface area contributed by atoms with Crippen LogP contribution >= 0.6 is 0 Å². The van der Waals surface area contributed by atoms with Crippen molar-refractivity contribution in [2.45, 2.75) is 40.2 Å². The molecule has 21 heavy (non-hydrogen) atoms. The number of likely N-dealkylation sites (N-methyl/N-ethyl adjacent to an activating group) is 1. The first-order chi connectivity index (χ1) is 9.49. The van der Waals surface area contributed by atoms with Crippen LogP contribution in [0.25, 0.3) is 0 Å². The fourth-order valence-electron chi connectivity index (χ4n) is 2.15. The number of likely N-dealkylation sites (tertiary alicyclic amines) is 1. The molecule has 0 aromatic carbocycles. The molecule has 0 aromatic rings. The van der Waals surface area contributed by atoms with Gasteiger partial charge in [0.1, 0.15) is 6.54 Å². The quantitative estimate of drug-likeness (QED) is 0.488. The maximum atomic E-state index is 11.8. The van der Waals surface area contributed by atoms with Crippen LogP contribution < -0.4 is 5.32 Å². The Morgan fingerprint density at radius 2 is 1.90 bits per heavy atom. The summed E-state index contributed by atoms with van der Waals surface area (Å²) in [6.07, 6.45) is 0. The van der Waals surface area contributed by atoms with Gasteiger partial charge in [0.2, 0.25) is 5.91 Å². The van der Waals surface area contributed by atoms with E-state index >= 15 is 0 Å². The molecular formula is C16H30N4O. The Bertz CT molecular complexity index is 449. The molecule has 1 saturated heterocycles. The first-order valence-electron chi connectivity index (χ1n) is 7.39. The Morgan fingerprint density at radius 3 is 2.29 bits per heavy atom. The highest BCUT2D eigenvalue weighted by molar-refractivity contribution is 5.86. The molecule has 0 saturated carbocycles. The predicted molar refractivity (Wildman–Crippen MR) is 88.4 cm³/mol. The first kappa shape index (κ1) is 17.5. The number of carbonyl (C=O) groups excluding carboxylic acids is 1.